The van der Waals surface area contributed by atoms with Crippen LogP contribution in [0.2, 0.25) is 0 Å². The third-order valence-electron chi connectivity index (χ3n) is 4.66. The number of carbonyl (C=O) groups is 1. The van der Waals surface area contributed by atoms with Crippen LogP contribution >= 0.6 is 0 Å². The molecule has 5 nitrogen and oxygen atoms in total. The number of aryl methyl sites for hydroxylation is 1. The molecular weight excluding hydrogens is 326 g/mol. The quantitative estimate of drug-likeness (QED) is 0.727. The Balaban J connectivity index is 1.60. The summed E-state index contributed by atoms with van der Waals surface area (Å²) < 4.78 is 7.65. The molecule has 5 heteroatoms. The lowest BCUT2D eigenvalue weighted by atomic mass is 10.0. The van der Waals surface area contributed by atoms with Gasteiger partial charge in [0.15, 0.2) is 0 Å². The summed E-state index contributed by atoms with van der Waals surface area (Å²) in [6.07, 6.45) is 3.65. The highest BCUT2D eigenvalue weighted by Gasteiger charge is 2.24. The molecule has 2 heterocycles. The number of hydrogen-bond acceptors (Lipinski definition) is 3. The van der Waals surface area contributed by atoms with Crippen molar-refractivity contribution in [2.45, 2.75) is 13.5 Å². The van der Waals surface area contributed by atoms with Gasteiger partial charge in [-0.15, -0.1) is 0 Å². The molecule has 1 aromatic heterocycles. The van der Waals surface area contributed by atoms with Crippen molar-refractivity contribution < 1.29 is 9.53 Å². The summed E-state index contributed by atoms with van der Waals surface area (Å²) in [6, 6.07) is 16.1. The Bertz CT molecular complexity index is 902. The Kier molecular flexibility index (Phi) is 4.44. The molecule has 0 spiro atoms. The number of ether oxygens (including phenoxy) is 1. The molecule has 0 atom stereocenters. The van der Waals surface area contributed by atoms with Gasteiger partial charge in [0, 0.05) is 18.9 Å². The molecule has 0 fully saturated rings. The Morgan fingerprint density at radius 2 is 1.88 bits per heavy atom. The summed E-state index contributed by atoms with van der Waals surface area (Å²) in [5, 5.41) is 4.20. The van der Waals surface area contributed by atoms with E-state index in [4.69, 9.17) is 4.74 Å². The molecule has 1 aliphatic rings. The van der Waals surface area contributed by atoms with Gasteiger partial charge in [-0.3, -0.25) is 9.48 Å². The summed E-state index contributed by atoms with van der Waals surface area (Å²) in [5.41, 5.74) is 3.96. The van der Waals surface area contributed by atoms with E-state index >= 15 is 0 Å². The minimum Gasteiger partial charge on any atom is -0.491 e. The van der Waals surface area contributed by atoms with Crippen molar-refractivity contribution in [2.24, 2.45) is 0 Å². The highest BCUT2D eigenvalue weighted by molar-refractivity contribution is 5.98. The maximum absolute atomic E-state index is 13.1. The lowest BCUT2D eigenvalue weighted by Crippen LogP contribution is -2.35. The first-order chi connectivity index (χ1) is 12.7. The summed E-state index contributed by atoms with van der Waals surface area (Å²) in [7, 11) is 0. The van der Waals surface area contributed by atoms with E-state index in [2.05, 4.69) is 36.3 Å². The third-order valence-corrected chi connectivity index (χ3v) is 4.66. The number of nitrogens with zero attached hydrogens (tertiary/aromatic N) is 3. The molecule has 0 saturated carbocycles. The molecule has 4 rings (SSSR count). The molecule has 1 amide bonds. The van der Waals surface area contributed by atoms with Gasteiger partial charge in [-0.1, -0.05) is 35.9 Å². The van der Waals surface area contributed by atoms with Crippen LogP contribution in [-0.2, 0) is 6.54 Å². The normalized spacial score (nSPS) is 13.9. The molecule has 2 aromatic carbocycles. The fourth-order valence-electron chi connectivity index (χ4n) is 3.16. The van der Waals surface area contributed by atoms with Crippen molar-refractivity contribution in [3.63, 3.8) is 0 Å². The molecule has 0 unspecified atom stereocenters. The minimum absolute atomic E-state index is 0.0126. The Morgan fingerprint density at radius 3 is 2.65 bits per heavy atom. The Morgan fingerprint density at radius 1 is 1.08 bits per heavy atom. The van der Waals surface area contributed by atoms with Crippen molar-refractivity contribution in [2.75, 3.05) is 19.7 Å². The van der Waals surface area contributed by atoms with Crippen LogP contribution in [0.5, 0.6) is 5.75 Å². The number of aromatic nitrogens is 2. The van der Waals surface area contributed by atoms with Crippen LogP contribution in [0.4, 0.5) is 0 Å². The summed E-state index contributed by atoms with van der Waals surface area (Å²) in [5.74, 6) is 0.672. The zero-order valence-electron chi connectivity index (χ0n) is 14.8. The molecule has 0 aliphatic carbocycles. The molecule has 1 aliphatic heterocycles. The first-order valence-corrected chi connectivity index (χ1v) is 8.81. The number of carbonyl (C=O) groups excluding carboxylic acids is 1. The van der Waals surface area contributed by atoms with Gasteiger partial charge in [0.1, 0.15) is 12.4 Å². The van der Waals surface area contributed by atoms with E-state index in [0.717, 1.165) is 11.1 Å². The van der Waals surface area contributed by atoms with E-state index in [1.807, 2.05) is 40.0 Å². The second-order valence-corrected chi connectivity index (χ2v) is 6.49. The fourth-order valence-corrected chi connectivity index (χ4v) is 3.16. The third kappa shape index (κ3) is 3.33. The standard InChI is InChI=1S/C21H21N3O2/c1-16-3-5-17(6-4-16)18-7-8-20-19(15-18)21(25)23(13-14-26-20)11-12-24-10-2-9-22-24/h2-10,15H,11-14H2,1H3. The zero-order chi connectivity index (χ0) is 17.9. The number of amides is 1. The van der Waals surface area contributed by atoms with Crippen molar-refractivity contribution in [1.82, 2.24) is 14.7 Å². The molecule has 132 valence electrons. The van der Waals surface area contributed by atoms with Crippen LogP contribution in [0.15, 0.2) is 60.9 Å². The second-order valence-electron chi connectivity index (χ2n) is 6.49. The predicted molar refractivity (Wildman–Crippen MR) is 100 cm³/mol. The van der Waals surface area contributed by atoms with E-state index in [9.17, 15) is 4.79 Å². The number of benzene rings is 2. The average molecular weight is 347 g/mol. The summed E-state index contributed by atoms with van der Waals surface area (Å²) in [6.45, 7) is 4.43. The van der Waals surface area contributed by atoms with Crippen LogP contribution in [0.3, 0.4) is 0 Å². The number of rotatable bonds is 4. The first kappa shape index (κ1) is 16.4. The van der Waals surface area contributed by atoms with Gasteiger partial charge in [0.2, 0.25) is 0 Å². The van der Waals surface area contributed by atoms with Crippen LogP contribution in [0.1, 0.15) is 15.9 Å². The number of hydrogen-bond donors (Lipinski definition) is 0. The van der Waals surface area contributed by atoms with Gasteiger partial charge in [-0.05, 0) is 36.2 Å². The summed E-state index contributed by atoms with van der Waals surface area (Å²) in [4.78, 5) is 14.9. The second kappa shape index (κ2) is 7.04. The van der Waals surface area contributed by atoms with Gasteiger partial charge in [-0.2, -0.15) is 5.10 Å². The van der Waals surface area contributed by atoms with E-state index in [0.29, 0.717) is 37.6 Å². The molecule has 3 aromatic rings. The first-order valence-electron chi connectivity index (χ1n) is 8.81. The fraction of sp³-hybridized carbons (Fsp3) is 0.238. The van der Waals surface area contributed by atoms with Crippen LogP contribution in [0, 0.1) is 6.92 Å². The smallest absolute Gasteiger partial charge is 0.257 e. The van der Waals surface area contributed by atoms with Crippen LogP contribution in [0.25, 0.3) is 11.1 Å². The maximum Gasteiger partial charge on any atom is 0.257 e. The minimum atomic E-state index is 0.0126. The van der Waals surface area contributed by atoms with Crippen molar-refractivity contribution >= 4 is 5.91 Å². The molecular formula is C21H21N3O2. The summed E-state index contributed by atoms with van der Waals surface area (Å²) >= 11 is 0. The van der Waals surface area contributed by atoms with Crippen molar-refractivity contribution in [3.8, 4) is 16.9 Å². The van der Waals surface area contributed by atoms with Crippen molar-refractivity contribution in [3.05, 3.63) is 72.1 Å². The number of fused-ring (bicyclic) bond motifs is 1. The van der Waals surface area contributed by atoms with Gasteiger partial charge in [0.25, 0.3) is 5.91 Å². The average Bonchev–Trinajstić information content (AvgIpc) is 3.13. The molecule has 0 saturated heterocycles. The van der Waals surface area contributed by atoms with Gasteiger partial charge >= 0.3 is 0 Å². The maximum atomic E-state index is 13.1. The Labute approximate surface area is 152 Å². The largest absolute Gasteiger partial charge is 0.491 e. The van der Waals surface area contributed by atoms with E-state index in [1.54, 1.807) is 6.20 Å². The van der Waals surface area contributed by atoms with E-state index in [1.165, 1.54) is 5.56 Å². The lowest BCUT2D eigenvalue weighted by molar-refractivity contribution is 0.0748. The zero-order valence-corrected chi connectivity index (χ0v) is 14.8. The predicted octanol–water partition coefficient (Wildman–Crippen LogP) is 3.39. The highest BCUT2D eigenvalue weighted by atomic mass is 16.5. The Hall–Kier alpha value is -3.08. The molecule has 26 heavy (non-hydrogen) atoms. The lowest BCUT2D eigenvalue weighted by Gasteiger charge is -2.20. The van der Waals surface area contributed by atoms with Crippen LogP contribution in [-0.4, -0.2) is 40.3 Å². The van der Waals surface area contributed by atoms with Crippen LogP contribution < -0.4 is 4.74 Å². The molecule has 0 bridgehead atoms. The van der Waals surface area contributed by atoms with Gasteiger partial charge in [0.05, 0.1) is 18.7 Å². The highest BCUT2D eigenvalue weighted by Crippen LogP contribution is 2.29. The van der Waals surface area contributed by atoms with E-state index in [-0.39, 0.29) is 5.91 Å². The molecule has 0 radical (unpaired) electrons. The van der Waals surface area contributed by atoms with Gasteiger partial charge in [-0.25, -0.2) is 0 Å². The van der Waals surface area contributed by atoms with Gasteiger partial charge < -0.3 is 9.64 Å². The monoisotopic (exact) mass is 347 g/mol. The SMILES string of the molecule is Cc1ccc(-c2ccc3c(c2)C(=O)N(CCn2cccn2)CCO3)cc1. The van der Waals surface area contributed by atoms with E-state index < -0.39 is 0 Å². The molecule has 0 N–H and O–H groups in total. The topological polar surface area (TPSA) is 47.4 Å². The van der Waals surface area contributed by atoms with Crippen molar-refractivity contribution in [1.29, 1.82) is 0 Å².